The maximum atomic E-state index is 12.0. The molecule has 0 aliphatic heterocycles. The van der Waals surface area contributed by atoms with Gasteiger partial charge in [0.05, 0.1) is 13.7 Å². The van der Waals surface area contributed by atoms with Crippen molar-refractivity contribution in [3.8, 4) is 0 Å². The number of methoxy groups -OCH3 is 2. The molecule has 0 aliphatic carbocycles. The summed E-state index contributed by atoms with van der Waals surface area (Å²) in [5, 5.41) is 0.574. The first-order valence-electron chi connectivity index (χ1n) is 5.92. The van der Waals surface area contributed by atoms with E-state index in [1.165, 1.54) is 14.2 Å². The van der Waals surface area contributed by atoms with Crippen LogP contribution in [0, 0.1) is 5.92 Å². The number of esters is 1. The van der Waals surface area contributed by atoms with Crippen molar-refractivity contribution in [2.24, 2.45) is 5.92 Å². The van der Waals surface area contributed by atoms with Crippen LogP contribution in [0.2, 0.25) is 5.02 Å². The molecule has 0 radical (unpaired) electrons. The summed E-state index contributed by atoms with van der Waals surface area (Å²) in [6.45, 7) is 0.294. The molecule has 1 rings (SSSR count). The molecular formula is C14H17ClO4. The van der Waals surface area contributed by atoms with E-state index in [-0.39, 0.29) is 18.6 Å². The number of rotatable bonds is 7. The molecule has 104 valence electrons. The highest BCUT2D eigenvalue weighted by Crippen LogP contribution is 2.17. The molecule has 1 atom stereocenters. The van der Waals surface area contributed by atoms with Gasteiger partial charge in [0.2, 0.25) is 0 Å². The second kappa shape index (κ2) is 7.92. The summed E-state index contributed by atoms with van der Waals surface area (Å²) in [7, 11) is 2.79. The first-order chi connectivity index (χ1) is 9.08. The molecule has 19 heavy (non-hydrogen) atoms. The highest BCUT2D eigenvalue weighted by Gasteiger charge is 2.27. The molecule has 1 unspecified atom stereocenters. The minimum atomic E-state index is -0.807. The van der Waals surface area contributed by atoms with E-state index in [4.69, 9.17) is 16.3 Å². The van der Waals surface area contributed by atoms with Gasteiger partial charge >= 0.3 is 5.97 Å². The maximum absolute atomic E-state index is 12.0. The first kappa shape index (κ1) is 15.7. The molecule has 0 saturated carbocycles. The van der Waals surface area contributed by atoms with Crippen LogP contribution in [0.1, 0.15) is 12.0 Å². The Morgan fingerprint density at radius 2 is 2.05 bits per heavy atom. The third-order valence-electron chi connectivity index (χ3n) is 2.76. The van der Waals surface area contributed by atoms with Crippen molar-refractivity contribution in [2.45, 2.75) is 12.8 Å². The van der Waals surface area contributed by atoms with Gasteiger partial charge in [0.25, 0.3) is 0 Å². The van der Waals surface area contributed by atoms with Crippen LogP contribution in [0.3, 0.4) is 0 Å². The minimum Gasteiger partial charge on any atom is -0.468 e. The Labute approximate surface area is 117 Å². The second-order valence-electron chi connectivity index (χ2n) is 4.12. The number of hydrogen-bond donors (Lipinski definition) is 0. The van der Waals surface area contributed by atoms with Crippen LogP contribution in [-0.4, -0.2) is 32.6 Å². The molecule has 0 aliphatic rings. The summed E-state index contributed by atoms with van der Waals surface area (Å²) in [5.41, 5.74) is 0.827. The fraction of sp³-hybridized carbons (Fsp3) is 0.429. The van der Waals surface area contributed by atoms with E-state index in [0.717, 1.165) is 5.56 Å². The molecule has 0 amide bonds. The van der Waals surface area contributed by atoms with Crippen molar-refractivity contribution in [2.75, 3.05) is 20.8 Å². The van der Waals surface area contributed by atoms with E-state index in [1.54, 1.807) is 18.2 Å². The number of Topliss-reactive ketones (excluding diaryl/α,β-unsaturated/α-hetero) is 1. The SMILES string of the molecule is COCCC(=O)C(Cc1cccc(Cl)c1)C(=O)OC. The van der Waals surface area contributed by atoms with Gasteiger partial charge in [-0.25, -0.2) is 0 Å². The Morgan fingerprint density at radius 3 is 2.63 bits per heavy atom. The van der Waals surface area contributed by atoms with Crippen molar-refractivity contribution in [1.82, 2.24) is 0 Å². The van der Waals surface area contributed by atoms with Crippen LogP contribution >= 0.6 is 11.6 Å². The highest BCUT2D eigenvalue weighted by molar-refractivity contribution is 6.30. The predicted molar refractivity (Wildman–Crippen MR) is 72.2 cm³/mol. The highest BCUT2D eigenvalue weighted by atomic mass is 35.5. The molecule has 4 nitrogen and oxygen atoms in total. The van der Waals surface area contributed by atoms with Crippen LogP contribution < -0.4 is 0 Å². The average Bonchev–Trinajstić information content (AvgIpc) is 2.41. The predicted octanol–water partition coefficient (Wildman–Crippen LogP) is 2.28. The lowest BCUT2D eigenvalue weighted by atomic mass is 9.94. The fourth-order valence-electron chi connectivity index (χ4n) is 1.75. The quantitative estimate of drug-likeness (QED) is 0.569. The van der Waals surface area contributed by atoms with Crippen LogP contribution in [0.25, 0.3) is 0 Å². The Balaban J connectivity index is 2.80. The number of carbonyl (C=O) groups excluding carboxylic acids is 2. The van der Waals surface area contributed by atoms with Gasteiger partial charge < -0.3 is 9.47 Å². The lowest BCUT2D eigenvalue weighted by Crippen LogP contribution is -2.28. The minimum absolute atomic E-state index is 0.186. The summed E-state index contributed by atoms with van der Waals surface area (Å²) in [6, 6.07) is 7.09. The molecule has 0 saturated heterocycles. The Hall–Kier alpha value is -1.39. The Kier molecular flexibility index (Phi) is 6.53. The van der Waals surface area contributed by atoms with Gasteiger partial charge in [0, 0.05) is 18.6 Å². The first-order valence-corrected chi connectivity index (χ1v) is 6.30. The summed E-state index contributed by atoms with van der Waals surface area (Å²) < 4.78 is 9.53. The van der Waals surface area contributed by atoms with E-state index in [0.29, 0.717) is 11.6 Å². The number of ether oxygens (including phenoxy) is 2. The largest absolute Gasteiger partial charge is 0.468 e. The zero-order valence-corrected chi connectivity index (χ0v) is 11.8. The van der Waals surface area contributed by atoms with Crippen LogP contribution in [-0.2, 0) is 25.5 Å². The number of hydrogen-bond acceptors (Lipinski definition) is 4. The summed E-state index contributed by atoms with van der Waals surface area (Å²) in [4.78, 5) is 23.7. The van der Waals surface area contributed by atoms with E-state index >= 15 is 0 Å². The Bertz CT molecular complexity index is 445. The smallest absolute Gasteiger partial charge is 0.316 e. The lowest BCUT2D eigenvalue weighted by molar-refractivity contribution is -0.149. The topological polar surface area (TPSA) is 52.6 Å². The number of benzene rings is 1. The molecule has 0 N–H and O–H groups in total. The molecule has 0 fully saturated rings. The number of carbonyl (C=O) groups is 2. The van der Waals surface area contributed by atoms with Crippen molar-refractivity contribution in [1.29, 1.82) is 0 Å². The molecule has 0 heterocycles. The van der Waals surface area contributed by atoms with Crippen molar-refractivity contribution in [3.63, 3.8) is 0 Å². The van der Waals surface area contributed by atoms with Crippen LogP contribution in [0.5, 0.6) is 0 Å². The van der Waals surface area contributed by atoms with E-state index < -0.39 is 11.9 Å². The van der Waals surface area contributed by atoms with E-state index in [1.807, 2.05) is 6.07 Å². The van der Waals surface area contributed by atoms with E-state index in [9.17, 15) is 9.59 Å². The molecule has 0 bridgehead atoms. The lowest BCUT2D eigenvalue weighted by Gasteiger charge is -2.13. The molecular weight excluding hydrogens is 268 g/mol. The van der Waals surface area contributed by atoms with Gasteiger partial charge in [-0.3, -0.25) is 9.59 Å². The standard InChI is InChI=1S/C14H17ClO4/c1-18-7-6-13(16)12(14(17)19-2)9-10-4-3-5-11(15)8-10/h3-5,8,12H,6-7,9H2,1-2H3. The van der Waals surface area contributed by atoms with Crippen molar-refractivity contribution in [3.05, 3.63) is 34.9 Å². The third kappa shape index (κ3) is 5.01. The zero-order chi connectivity index (χ0) is 14.3. The van der Waals surface area contributed by atoms with Crippen molar-refractivity contribution >= 4 is 23.4 Å². The summed E-state index contributed by atoms with van der Waals surface area (Å²) in [6.07, 6.45) is 0.479. The second-order valence-corrected chi connectivity index (χ2v) is 4.56. The molecule has 0 spiro atoms. The van der Waals surface area contributed by atoms with Crippen LogP contribution in [0.15, 0.2) is 24.3 Å². The molecule has 0 aromatic heterocycles. The van der Waals surface area contributed by atoms with Gasteiger partial charge in [0.15, 0.2) is 0 Å². The number of halogens is 1. The van der Waals surface area contributed by atoms with E-state index in [2.05, 4.69) is 4.74 Å². The average molecular weight is 285 g/mol. The molecule has 1 aromatic rings. The Morgan fingerprint density at radius 1 is 1.32 bits per heavy atom. The number of ketones is 1. The maximum Gasteiger partial charge on any atom is 0.316 e. The monoisotopic (exact) mass is 284 g/mol. The van der Waals surface area contributed by atoms with Gasteiger partial charge in [-0.1, -0.05) is 23.7 Å². The van der Waals surface area contributed by atoms with Gasteiger partial charge in [-0.05, 0) is 24.1 Å². The van der Waals surface area contributed by atoms with Gasteiger partial charge in [0.1, 0.15) is 11.7 Å². The molecule has 1 aromatic carbocycles. The normalized spacial score (nSPS) is 11.9. The molecule has 5 heteroatoms. The van der Waals surface area contributed by atoms with Crippen LogP contribution in [0.4, 0.5) is 0 Å². The van der Waals surface area contributed by atoms with Gasteiger partial charge in [-0.15, -0.1) is 0 Å². The summed E-state index contributed by atoms with van der Waals surface area (Å²) in [5.74, 6) is -1.52. The summed E-state index contributed by atoms with van der Waals surface area (Å²) >= 11 is 5.88. The van der Waals surface area contributed by atoms with Crippen molar-refractivity contribution < 1.29 is 19.1 Å². The fourth-order valence-corrected chi connectivity index (χ4v) is 1.96. The third-order valence-corrected chi connectivity index (χ3v) is 2.99. The zero-order valence-electron chi connectivity index (χ0n) is 11.0. The van der Waals surface area contributed by atoms with Gasteiger partial charge in [-0.2, -0.15) is 0 Å².